The van der Waals surface area contributed by atoms with Crippen molar-refractivity contribution in [3.63, 3.8) is 0 Å². The lowest BCUT2D eigenvalue weighted by molar-refractivity contribution is -0.120. The summed E-state index contributed by atoms with van der Waals surface area (Å²) in [4.78, 5) is 23.6. The summed E-state index contributed by atoms with van der Waals surface area (Å²) in [5.41, 5.74) is 6.02. The lowest BCUT2D eigenvalue weighted by Crippen LogP contribution is -2.42. The molecule has 0 fully saturated rings. The maximum absolute atomic E-state index is 14.7. The van der Waals surface area contributed by atoms with Crippen molar-refractivity contribution in [1.29, 1.82) is 0 Å². The second kappa shape index (κ2) is 9.61. The van der Waals surface area contributed by atoms with E-state index in [1.807, 2.05) is 13.8 Å². The number of thioether (sulfide) groups is 1. The average Bonchev–Trinajstić information content (AvgIpc) is 3.15. The topological polar surface area (TPSA) is 112 Å². The third-order valence-electron chi connectivity index (χ3n) is 4.42. The Morgan fingerprint density at radius 1 is 1.13 bits per heavy atom. The largest absolute Gasteiger partial charge is 0.497 e. The molecule has 3 rings (SSSR count). The van der Waals surface area contributed by atoms with Crippen LogP contribution in [0.2, 0.25) is 0 Å². The zero-order valence-electron chi connectivity index (χ0n) is 17.2. The SMILES string of the molecule is COc1ccc(-c2nnc(SC(C(=O)NC(N)=O)C(C)C)n2-c2ccccc2F)cc1. The molecule has 2 aromatic carbocycles. The number of aromatic nitrogens is 3. The van der Waals surface area contributed by atoms with Crippen LogP contribution in [-0.4, -0.2) is 39.1 Å². The Morgan fingerprint density at radius 3 is 2.39 bits per heavy atom. The van der Waals surface area contributed by atoms with Crippen molar-refractivity contribution in [3.8, 4) is 22.8 Å². The molecule has 0 saturated carbocycles. The van der Waals surface area contributed by atoms with Crippen LogP contribution in [-0.2, 0) is 4.79 Å². The summed E-state index contributed by atoms with van der Waals surface area (Å²) in [5.74, 6) is -0.130. The number of para-hydroxylation sites is 1. The van der Waals surface area contributed by atoms with Crippen LogP contribution in [0.25, 0.3) is 17.1 Å². The number of carbonyl (C=O) groups excluding carboxylic acids is 2. The van der Waals surface area contributed by atoms with Gasteiger partial charge in [-0.2, -0.15) is 0 Å². The van der Waals surface area contributed by atoms with Gasteiger partial charge in [-0.05, 0) is 42.3 Å². The highest BCUT2D eigenvalue weighted by atomic mass is 32.2. The standard InChI is InChI=1S/C21H22FN5O3S/c1-12(2)17(19(28)24-20(23)29)31-21-26-25-18(13-8-10-14(30-3)11-9-13)27(21)16-7-5-4-6-15(16)22/h4-12,17H,1-3H3,(H3,23,24,28,29). The van der Waals surface area contributed by atoms with Crippen molar-refractivity contribution in [3.05, 3.63) is 54.3 Å². The first-order chi connectivity index (χ1) is 14.8. The molecule has 0 aliphatic carbocycles. The average molecular weight is 444 g/mol. The predicted molar refractivity (Wildman–Crippen MR) is 116 cm³/mol. The number of imide groups is 1. The summed E-state index contributed by atoms with van der Waals surface area (Å²) in [6.07, 6.45) is 0. The van der Waals surface area contributed by atoms with Gasteiger partial charge in [0, 0.05) is 5.56 Å². The lowest BCUT2D eigenvalue weighted by Gasteiger charge is -2.19. The van der Waals surface area contributed by atoms with Gasteiger partial charge in [0.05, 0.1) is 18.0 Å². The summed E-state index contributed by atoms with van der Waals surface area (Å²) < 4.78 is 21.5. The van der Waals surface area contributed by atoms with Gasteiger partial charge in [0.25, 0.3) is 0 Å². The van der Waals surface area contributed by atoms with E-state index in [9.17, 15) is 14.0 Å². The number of benzene rings is 2. The molecule has 162 valence electrons. The number of hydrogen-bond acceptors (Lipinski definition) is 6. The van der Waals surface area contributed by atoms with Crippen molar-refractivity contribution >= 4 is 23.7 Å². The molecule has 0 aliphatic rings. The van der Waals surface area contributed by atoms with E-state index in [1.54, 1.807) is 54.1 Å². The van der Waals surface area contributed by atoms with E-state index < -0.39 is 23.0 Å². The van der Waals surface area contributed by atoms with Gasteiger partial charge in [0.2, 0.25) is 5.91 Å². The summed E-state index contributed by atoms with van der Waals surface area (Å²) in [6.45, 7) is 3.65. The van der Waals surface area contributed by atoms with E-state index in [-0.39, 0.29) is 11.6 Å². The molecule has 0 radical (unpaired) electrons. The minimum absolute atomic E-state index is 0.167. The van der Waals surface area contributed by atoms with E-state index in [0.717, 1.165) is 11.8 Å². The van der Waals surface area contributed by atoms with Gasteiger partial charge < -0.3 is 10.5 Å². The van der Waals surface area contributed by atoms with Crippen LogP contribution in [0.3, 0.4) is 0 Å². The fourth-order valence-corrected chi connectivity index (χ4v) is 3.97. The van der Waals surface area contributed by atoms with Gasteiger partial charge in [0.1, 0.15) is 11.6 Å². The third-order valence-corrected chi connectivity index (χ3v) is 5.91. The smallest absolute Gasteiger partial charge is 0.318 e. The fourth-order valence-electron chi connectivity index (χ4n) is 2.92. The lowest BCUT2D eigenvalue weighted by atomic mass is 10.1. The van der Waals surface area contributed by atoms with E-state index >= 15 is 0 Å². The van der Waals surface area contributed by atoms with Crippen molar-refractivity contribution in [1.82, 2.24) is 20.1 Å². The number of halogens is 1. The van der Waals surface area contributed by atoms with Gasteiger partial charge in [-0.1, -0.05) is 37.7 Å². The molecule has 3 N–H and O–H groups in total. The van der Waals surface area contributed by atoms with Gasteiger partial charge in [0.15, 0.2) is 11.0 Å². The number of nitrogens with two attached hydrogens (primary N) is 1. The van der Waals surface area contributed by atoms with Crippen LogP contribution in [0.5, 0.6) is 5.75 Å². The van der Waals surface area contributed by atoms with Gasteiger partial charge in [-0.15, -0.1) is 10.2 Å². The number of carbonyl (C=O) groups is 2. The monoisotopic (exact) mass is 443 g/mol. The molecule has 31 heavy (non-hydrogen) atoms. The number of amides is 3. The van der Waals surface area contributed by atoms with Gasteiger partial charge in [-0.3, -0.25) is 14.7 Å². The van der Waals surface area contributed by atoms with Gasteiger partial charge >= 0.3 is 6.03 Å². The van der Waals surface area contributed by atoms with E-state index in [4.69, 9.17) is 10.5 Å². The minimum Gasteiger partial charge on any atom is -0.497 e. The molecule has 1 atom stereocenters. The molecule has 1 heterocycles. The van der Waals surface area contributed by atoms with Crippen LogP contribution in [0.4, 0.5) is 9.18 Å². The van der Waals surface area contributed by atoms with E-state index in [2.05, 4.69) is 15.5 Å². The van der Waals surface area contributed by atoms with Crippen LogP contribution in [0, 0.1) is 11.7 Å². The van der Waals surface area contributed by atoms with Crippen LogP contribution in [0.15, 0.2) is 53.7 Å². The Kier molecular flexibility index (Phi) is 6.91. The maximum atomic E-state index is 14.7. The zero-order valence-corrected chi connectivity index (χ0v) is 18.0. The van der Waals surface area contributed by atoms with E-state index in [0.29, 0.717) is 22.3 Å². The summed E-state index contributed by atoms with van der Waals surface area (Å²) in [5, 5.41) is 10.2. The molecular weight excluding hydrogens is 421 g/mol. The molecule has 3 aromatic rings. The number of ether oxygens (including phenoxy) is 1. The number of nitrogens with zero attached hydrogens (tertiary/aromatic N) is 3. The first-order valence-electron chi connectivity index (χ1n) is 9.43. The first-order valence-corrected chi connectivity index (χ1v) is 10.3. The Labute approximate surface area is 183 Å². The summed E-state index contributed by atoms with van der Waals surface area (Å²) >= 11 is 1.08. The predicted octanol–water partition coefficient (Wildman–Crippen LogP) is 3.39. The van der Waals surface area contributed by atoms with Gasteiger partial charge in [-0.25, -0.2) is 9.18 Å². The molecule has 1 aromatic heterocycles. The fraction of sp³-hybridized carbons (Fsp3) is 0.238. The molecule has 0 aliphatic heterocycles. The molecule has 0 bridgehead atoms. The Bertz CT molecular complexity index is 1080. The second-order valence-corrected chi connectivity index (χ2v) is 8.07. The second-order valence-electron chi connectivity index (χ2n) is 6.96. The Morgan fingerprint density at radius 2 is 1.81 bits per heavy atom. The molecule has 1 unspecified atom stereocenters. The number of rotatable bonds is 7. The van der Waals surface area contributed by atoms with Crippen molar-refractivity contribution in [2.45, 2.75) is 24.3 Å². The Hall–Kier alpha value is -3.40. The number of primary amides is 1. The molecule has 10 heteroatoms. The van der Waals surface area contributed by atoms with Crippen LogP contribution < -0.4 is 15.8 Å². The van der Waals surface area contributed by atoms with Crippen molar-refractivity contribution < 1.29 is 18.7 Å². The number of nitrogens with one attached hydrogen (secondary N) is 1. The number of urea groups is 1. The highest BCUT2D eigenvalue weighted by Crippen LogP contribution is 2.33. The summed E-state index contributed by atoms with van der Waals surface area (Å²) in [7, 11) is 1.56. The molecular formula is C21H22FN5O3S. The quantitative estimate of drug-likeness (QED) is 0.542. The molecule has 0 spiro atoms. The van der Waals surface area contributed by atoms with E-state index in [1.165, 1.54) is 6.07 Å². The minimum atomic E-state index is -0.939. The first kappa shape index (κ1) is 22.3. The zero-order chi connectivity index (χ0) is 22.5. The molecule has 3 amide bonds. The number of methoxy groups -OCH3 is 1. The highest BCUT2D eigenvalue weighted by molar-refractivity contribution is 8.00. The van der Waals surface area contributed by atoms with Crippen LogP contribution in [0.1, 0.15) is 13.8 Å². The third kappa shape index (κ3) is 5.02. The maximum Gasteiger partial charge on any atom is 0.318 e. The molecule has 0 saturated heterocycles. The summed E-state index contributed by atoms with van der Waals surface area (Å²) in [6, 6.07) is 12.4. The number of hydrogen-bond donors (Lipinski definition) is 2. The Balaban J connectivity index is 2.10. The van der Waals surface area contributed by atoms with Crippen LogP contribution >= 0.6 is 11.8 Å². The van der Waals surface area contributed by atoms with Crippen molar-refractivity contribution in [2.24, 2.45) is 11.7 Å². The highest BCUT2D eigenvalue weighted by Gasteiger charge is 2.29. The van der Waals surface area contributed by atoms with Crippen molar-refractivity contribution in [2.75, 3.05) is 7.11 Å². The molecule has 8 nitrogen and oxygen atoms in total. The normalized spacial score (nSPS) is 11.9.